The van der Waals surface area contributed by atoms with E-state index in [1.54, 1.807) is 0 Å². The van der Waals surface area contributed by atoms with Crippen LogP contribution in [0.1, 0.15) is 12.6 Å². The van der Waals surface area contributed by atoms with Crippen LogP contribution in [0.25, 0.3) is 0 Å². The predicted octanol–water partition coefficient (Wildman–Crippen LogP) is 1.90. The molecule has 2 nitrogen and oxygen atoms in total. The standard InChI is InChI=1S/C7H7F2NO/c1-7(8,9)6-3-2-5(11)4-10-6/h2-4,11H,1H3. The summed E-state index contributed by atoms with van der Waals surface area (Å²) in [7, 11) is 0. The number of aromatic hydroxyl groups is 1. The molecule has 0 unspecified atom stereocenters. The Hall–Kier alpha value is -1.19. The van der Waals surface area contributed by atoms with Gasteiger partial charge in [-0.15, -0.1) is 0 Å². The summed E-state index contributed by atoms with van der Waals surface area (Å²) in [5, 5.41) is 8.72. The maximum Gasteiger partial charge on any atom is 0.286 e. The fraction of sp³-hybridized carbons (Fsp3) is 0.286. The number of hydrogen-bond acceptors (Lipinski definition) is 2. The molecule has 0 saturated carbocycles. The molecule has 60 valence electrons. The molecule has 1 aromatic heterocycles. The van der Waals surface area contributed by atoms with Crippen molar-refractivity contribution in [3.63, 3.8) is 0 Å². The van der Waals surface area contributed by atoms with Crippen molar-refractivity contribution < 1.29 is 13.9 Å². The largest absolute Gasteiger partial charge is 0.506 e. The van der Waals surface area contributed by atoms with Crippen molar-refractivity contribution in [1.29, 1.82) is 0 Å². The molecule has 1 heterocycles. The molecule has 0 amide bonds. The second-order valence-electron chi connectivity index (χ2n) is 2.29. The molecule has 1 aromatic rings. The highest BCUT2D eigenvalue weighted by Gasteiger charge is 2.25. The Bertz CT molecular complexity index is 240. The van der Waals surface area contributed by atoms with Gasteiger partial charge in [0.25, 0.3) is 5.92 Å². The third-order valence-electron chi connectivity index (χ3n) is 1.20. The van der Waals surface area contributed by atoms with Gasteiger partial charge in [-0.25, -0.2) is 0 Å². The first-order valence-corrected chi connectivity index (χ1v) is 3.03. The van der Waals surface area contributed by atoms with Crippen molar-refractivity contribution >= 4 is 0 Å². The van der Waals surface area contributed by atoms with Crippen molar-refractivity contribution in [3.05, 3.63) is 24.0 Å². The second kappa shape index (κ2) is 2.45. The van der Waals surface area contributed by atoms with Crippen LogP contribution in [0.4, 0.5) is 8.78 Å². The van der Waals surface area contributed by atoms with Gasteiger partial charge < -0.3 is 5.11 Å². The fourth-order valence-electron chi connectivity index (χ4n) is 0.646. The van der Waals surface area contributed by atoms with Gasteiger partial charge in [-0.2, -0.15) is 8.78 Å². The number of nitrogens with zero attached hydrogens (tertiary/aromatic N) is 1. The number of halogens is 2. The van der Waals surface area contributed by atoms with E-state index in [1.165, 1.54) is 6.07 Å². The summed E-state index contributed by atoms with van der Waals surface area (Å²) in [5.41, 5.74) is -0.338. The van der Waals surface area contributed by atoms with Crippen molar-refractivity contribution in [2.24, 2.45) is 0 Å². The van der Waals surface area contributed by atoms with Gasteiger partial charge in [-0.05, 0) is 12.1 Å². The molecule has 0 spiro atoms. The molecule has 0 aromatic carbocycles. The lowest BCUT2D eigenvalue weighted by molar-refractivity contribution is 0.0127. The Kier molecular flexibility index (Phi) is 1.76. The molecule has 0 radical (unpaired) electrons. The minimum atomic E-state index is -2.94. The zero-order valence-electron chi connectivity index (χ0n) is 5.88. The molecule has 11 heavy (non-hydrogen) atoms. The Morgan fingerprint density at radius 3 is 2.45 bits per heavy atom. The predicted molar refractivity (Wildman–Crippen MR) is 35.5 cm³/mol. The molecule has 1 rings (SSSR count). The van der Waals surface area contributed by atoms with Gasteiger partial charge in [0.15, 0.2) is 0 Å². The van der Waals surface area contributed by atoms with E-state index in [1.807, 2.05) is 0 Å². The Balaban J connectivity index is 2.99. The van der Waals surface area contributed by atoms with Gasteiger partial charge in [-0.3, -0.25) is 4.98 Å². The maximum absolute atomic E-state index is 12.4. The number of rotatable bonds is 1. The molecule has 0 atom stereocenters. The summed E-state index contributed by atoms with van der Waals surface area (Å²) in [6.07, 6.45) is 0.993. The summed E-state index contributed by atoms with van der Waals surface area (Å²) in [6, 6.07) is 2.27. The van der Waals surface area contributed by atoms with Crippen molar-refractivity contribution in [1.82, 2.24) is 4.98 Å². The average Bonchev–Trinajstić information content (AvgIpc) is 1.86. The molecule has 0 saturated heterocycles. The van der Waals surface area contributed by atoms with E-state index in [0.717, 1.165) is 19.2 Å². The summed E-state index contributed by atoms with van der Waals surface area (Å²) >= 11 is 0. The molecular weight excluding hydrogens is 152 g/mol. The third-order valence-corrected chi connectivity index (χ3v) is 1.20. The summed E-state index contributed by atoms with van der Waals surface area (Å²) in [4.78, 5) is 3.35. The molecule has 0 aliphatic carbocycles. The topological polar surface area (TPSA) is 33.1 Å². The van der Waals surface area contributed by atoms with Crippen LogP contribution in [-0.4, -0.2) is 10.1 Å². The van der Waals surface area contributed by atoms with Crippen molar-refractivity contribution in [3.8, 4) is 5.75 Å². The minimum Gasteiger partial charge on any atom is -0.506 e. The number of hydrogen-bond donors (Lipinski definition) is 1. The number of aromatic nitrogens is 1. The van der Waals surface area contributed by atoms with E-state index in [9.17, 15) is 8.78 Å². The Morgan fingerprint density at radius 1 is 1.45 bits per heavy atom. The van der Waals surface area contributed by atoms with E-state index in [0.29, 0.717) is 0 Å². The quantitative estimate of drug-likeness (QED) is 0.678. The van der Waals surface area contributed by atoms with E-state index >= 15 is 0 Å². The Labute approximate surface area is 62.5 Å². The van der Waals surface area contributed by atoms with Crippen LogP contribution in [0, 0.1) is 0 Å². The lowest BCUT2D eigenvalue weighted by atomic mass is 10.2. The normalized spacial score (nSPS) is 11.5. The highest BCUT2D eigenvalue weighted by molar-refractivity contribution is 5.19. The summed E-state index contributed by atoms with van der Waals surface area (Å²) < 4.78 is 24.9. The maximum atomic E-state index is 12.4. The zero-order valence-corrected chi connectivity index (χ0v) is 5.88. The lowest BCUT2D eigenvalue weighted by Gasteiger charge is -2.07. The molecular formula is C7H7F2NO. The first kappa shape index (κ1) is 7.91. The van der Waals surface area contributed by atoms with Crippen LogP contribution >= 0.6 is 0 Å². The van der Waals surface area contributed by atoms with Gasteiger partial charge >= 0.3 is 0 Å². The second-order valence-corrected chi connectivity index (χ2v) is 2.29. The van der Waals surface area contributed by atoms with Gasteiger partial charge in [0.1, 0.15) is 11.4 Å². The first-order chi connectivity index (χ1) is 5.00. The lowest BCUT2D eigenvalue weighted by Crippen LogP contribution is -2.08. The van der Waals surface area contributed by atoms with Gasteiger partial charge in [0.2, 0.25) is 0 Å². The average molecular weight is 159 g/mol. The highest BCUT2D eigenvalue weighted by Crippen LogP contribution is 2.25. The van der Waals surface area contributed by atoms with Crippen LogP contribution in [0.2, 0.25) is 0 Å². The SMILES string of the molecule is CC(F)(F)c1ccc(O)cn1. The molecule has 0 bridgehead atoms. The Morgan fingerprint density at radius 2 is 2.09 bits per heavy atom. The van der Waals surface area contributed by atoms with Crippen molar-refractivity contribution in [2.45, 2.75) is 12.8 Å². The number of alkyl halides is 2. The van der Waals surface area contributed by atoms with Crippen molar-refractivity contribution in [2.75, 3.05) is 0 Å². The first-order valence-electron chi connectivity index (χ1n) is 3.03. The molecule has 0 aliphatic heterocycles. The van der Waals surface area contributed by atoms with Gasteiger partial charge in [-0.1, -0.05) is 0 Å². The van der Waals surface area contributed by atoms with Crippen LogP contribution in [0.15, 0.2) is 18.3 Å². The monoisotopic (exact) mass is 159 g/mol. The summed E-state index contributed by atoms with van der Waals surface area (Å²) in [6.45, 7) is 0.756. The van der Waals surface area contributed by atoms with Gasteiger partial charge in [0, 0.05) is 6.92 Å². The van der Waals surface area contributed by atoms with Crippen LogP contribution in [0.3, 0.4) is 0 Å². The summed E-state index contributed by atoms with van der Waals surface area (Å²) in [5.74, 6) is -3.05. The zero-order chi connectivity index (χ0) is 8.48. The molecule has 4 heteroatoms. The smallest absolute Gasteiger partial charge is 0.286 e. The van der Waals surface area contributed by atoms with Crippen LogP contribution < -0.4 is 0 Å². The fourth-order valence-corrected chi connectivity index (χ4v) is 0.646. The van der Waals surface area contributed by atoms with Gasteiger partial charge in [0.05, 0.1) is 6.20 Å². The number of pyridine rings is 1. The van der Waals surface area contributed by atoms with E-state index in [-0.39, 0.29) is 11.4 Å². The molecule has 1 N–H and O–H groups in total. The van der Waals surface area contributed by atoms with E-state index in [4.69, 9.17) is 5.11 Å². The minimum absolute atomic E-state index is 0.113. The van der Waals surface area contributed by atoms with E-state index in [2.05, 4.69) is 4.98 Å². The molecule has 0 aliphatic rings. The third kappa shape index (κ3) is 1.86. The highest BCUT2D eigenvalue weighted by atomic mass is 19.3. The van der Waals surface area contributed by atoms with Crippen LogP contribution in [0.5, 0.6) is 5.75 Å². The molecule has 0 fully saturated rings. The van der Waals surface area contributed by atoms with Crippen LogP contribution in [-0.2, 0) is 5.92 Å². The van der Waals surface area contributed by atoms with E-state index < -0.39 is 5.92 Å².